The van der Waals surface area contributed by atoms with Crippen LogP contribution in [0.2, 0.25) is 0 Å². The first-order chi connectivity index (χ1) is 11.6. The number of nitrogens with zero attached hydrogens (tertiary/aromatic N) is 4. The third-order valence-electron chi connectivity index (χ3n) is 3.00. The van der Waals surface area contributed by atoms with Gasteiger partial charge in [0, 0.05) is 11.9 Å². The van der Waals surface area contributed by atoms with Crippen LogP contribution in [-0.2, 0) is 4.79 Å². The highest BCUT2D eigenvalue weighted by Crippen LogP contribution is 2.20. The SMILES string of the molecule is Nn1c(SCC(=O)Nc2cccc(F)c2)nnc1-c1ccccn1. The van der Waals surface area contributed by atoms with Crippen LogP contribution in [0.15, 0.2) is 53.8 Å². The van der Waals surface area contributed by atoms with Crippen LogP contribution in [0.25, 0.3) is 11.5 Å². The molecule has 0 saturated carbocycles. The topological polar surface area (TPSA) is 98.7 Å². The maximum atomic E-state index is 13.1. The van der Waals surface area contributed by atoms with Gasteiger partial charge >= 0.3 is 0 Å². The van der Waals surface area contributed by atoms with E-state index < -0.39 is 5.82 Å². The molecule has 122 valence electrons. The molecule has 1 aromatic carbocycles. The Morgan fingerprint density at radius 2 is 2.12 bits per heavy atom. The molecule has 1 amide bonds. The van der Waals surface area contributed by atoms with Crippen LogP contribution in [0, 0.1) is 5.82 Å². The molecule has 3 rings (SSSR count). The number of amides is 1. The summed E-state index contributed by atoms with van der Waals surface area (Å²) in [6.07, 6.45) is 1.63. The molecule has 7 nitrogen and oxygen atoms in total. The molecule has 0 atom stereocenters. The van der Waals surface area contributed by atoms with Gasteiger partial charge in [0.05, 0.1) is 5.75 Å². The van der Waals surface area contributed by atoms with E-state index in [-0.39, 0.29) is 11.7 Å². The molecule has 0 bridgehead atoms. The summed E-state index contributed by atoms with van der Waals surface area (Å²) in [5.41, 5.74) is 0.979. The molecule has 3 N–H and O–H groups in total. The Morgan fingerprint density at radius 3 is 2.88 bits per heavy atom. The van der Waals surface area contributed by atoms with Gasteiger partial charge in [0.2, 0.25) is 16.9 Å². The Bertz CT molecular complexity index is 854. The Hall–Kier alpha value is -2.94. The lowest BCUT2D eigenvalue weighted by Gasteiger charge is -2.05. The Balaban J connectivity index is 1.63. The van der Waals surface area contributed by atoms with Gasteiger partial charge in [0.15, 0.2) is 0 Å². The lowest BCUT2D eigenvalue weighted by molar-refractivity contribution is -0.113. The number of carbonyl (C=O) groups excluding carboxylic acids is 1. The maximum absolute atomic E-state index is 13.1. The van der Waals surface area contributed by atoms with E-state index in [2.05, 4.69) is 20.5 Å². The molecule has 0 radical (unpaired) electrons. The van der Waals surface area contributed by atoms with Gasteiger partial charge in [-0.05, 0) is 30.3 Å². The summed E-state index contributed by atoms with van der Waals surface area (Å²) >= 11 is 1.12. The normalized spacial score (nSPS) is 10.5. The molecule has 24 heavy (non-hydrogen) atoms. The number of halogens is 1. The van der Waals surface area contributed by atoms with Crippen molar-refractivity contribution < 1.29 is 9.18 Å². The minimum absolute atomic E-state index is 0.0636. The predicted octanol–water partition coefficient (Wildman–Crippen LogP) is 1.92. The molecule has 0 saturated heterocycles. The number of aromatic nitrogens is 4. The second kappa shape index (κ2) is 7.09. The van der Waals surface area contributed by atoms with E-state index in [0.29, 0.717) is 22.4 Å². The largest absolute Gasteiger partial charge is 0.335 e. The van der Waals surface area contributed by atoms with E-state index in [9.17, 15) is 9.18 Å². The average Bonchev–Trinajstić information content (AvgIpc) is 2.94. The monoisotopic (exact) mass is 344 g/mol. The summed E-state index contributed by atoms with van der Waals surface area (Å²) in [6, 6.07) is 11.0. The summed E-state index contributed by atoms with van der Waals surface area (Å²) in [6.45, 7) is 0. The van der Waals surface area contributed by atoms with E-state index in [4.69, 9.17) is 5.84 Å². The number of benzene rings is 1. The number of nitrogen functional groups attached to an aromatic ring is 1. The van der Waals surface area contributed by atoms with Gasteiger partial charge in [-0.3, -0.25) is 9.78 Å². The predicted molar refractivity (Wildman–Crippen MR) is 89.2 cm³/mol. The third-order valence-corrected chi connectivity index (χ3v) is 3.94. The minimum Gasteiger partial charge on any atom is -0.335 e. The van der Waals surface area contributed by atoms with Gasteiger partial charge in [-0.2, -0.15) is 0 Å². The van der Waals surface area contributed by atoms with Crippen molar-refractivity contribution in [1.29, 1.82) is 0 Å². The molecular formula is C15H13FN6OS. The fourth-order valence-corrected chi connectivity index (χ4v) is 2.60. The lowest BCUT2D eigenvalue weighted by atomic mass is 10.3. The van der Waals surface area contributed by atoms with Crippen LogP contribution in [-0.4, -0.2) is 31.5 Å². The van der Waals surface area contributed by atoms with Crippen LogP contribution in [0.5, 0.6) is 0 Å². The number of carbonyl (C=O) groups is 1. The van der Waals surface area contributed by atoms with Gasteiger partial charge in [-0.15, -0.1) is 10.2 Å². The number of pyridine rings is 1. The maximum Gasteiger partial charge on any atom is 0.234 e. The number of nitrogens with one attached hydrogen (secondary N) is 1. The lowest BCUT2D eigenvalue weighted by Crippen LogP contribution is -2.16. The zero-order chi connectivity index (χ0) is 16.9. The summed E-state index contributed by atoms with van der Waals surface area (Å²) in [4.78, 5) is 16.1. The van der Waals surface area contributed by atoms with Crippen LogP contribution >= 0.6 is 11.8 Å². The van der Waals surface area contributed by atoms with E-state index in [1.807, 2.05) is 6.07 Å². The van der Waals surface area contributed by atoms with E-state index in [0.717, 1.165) is 11.8 Å². The molecule has 3 aromatic rings. The summed E-state index contributed by atoms with van der Waals surface area (Å²) in [7, 11) is 0. The van der Waals surface area contributed by atoms with Gasteiger partial charge in [-0.1, -0.05) is 23.9 Å². The van der Waals surface area contributed by atoms with Crippen LogP contribution < -0.4 is 11.2 Å². The Morgan fingerprint density at radius 1 is 1.25 bits per heavy atom. The summed E-state index contributed by atoms with van der Waals surface area (Å²) < 4.78 is 14.4. The van der Waals surface area contributed by atoms with E-state index in [1.54, 1.807) is 24.4 Å². The number of anilines is 1. The Labute approximate surface area is 141 Å². The number of hydrogen-bond acceptors (Lipinski definition) is 6. The van der Waals surface area contributed by atoms with Crippen molar-refractivity contribution in [2.45, 2.75) is 5.16 Å². The fraction of sp³-hybridized carbons (Fsp3) is 0.0667. The van der Waals surface area contributed by atoms with Crippen LogP contribution in [0.4, 0.5) is 10.1 Å². The van der Waals surface area contributed by atoms with Crippen molar-refractivity contribution in [3.8, 4) is 11.5 Å². The molecule has 2 heterocycles. The molecule has 0 unspecified atom stereocenters. The highest BCUT2D eigenvalue weighted by atomic mass is 32.2. The van der Waals surface area contributed by atoms with Crippen LogP contribution in [0.1, 0.15) is 0 Å². The molecule has 0 aliphatic carbocycles. The van der Waals surface area contributed by atoms with Gasteiger partial charge in [0.1, 0.15) is 11.5 Å². The van der Waals surface area contributed by atoms with E-state index >= 15 is 0 Å². The smallest absolute Gasteiger partial charge is 0.234 e. The third kappa shape index (κ3) is 3.69. The second-order valence-electron chi connectivity index (χ2n) is 4.74. The van der Waals surface area contributed by atoms with Crippen molar-refractivity contribution >= 4 is 23.4 Å². The number of rotatable bonds is 5. The number of nitrogens with two attached hydrogens (primary N) is 1. The highest BCUT2D eigenvalue weighted by Gasteiger charge is 2.14. The zero-order valence-corrected chi connectivity index (χ0v) is 13.2. The highest BCUT2D eigenvalue weighted by molar-refractivity contribution is 7.99. The molecule has 0 fully saturated rings. The summed E-state index contributed by atoms with van der Waals surface area (Å²) in [5, 5.41) is 10.9. The molecule has 0 aliphatic rings. The first-order valence-corrected chi connectivity index (χ1v) is 7.92. The minimum atomic E-state index is -0.415. The average molecular weight is 344 g/mol. The van der Waals surface area contributed by atoms with Gasteiger partial charge in [-0.25, -0.2) is 9.07 Å². The molecular weight excluding hydrogens is 331 g/mol. The fourth-order valence-electron chi connectivity index (χ4n) is 1.94. The van der Waals surface area contributed by atoms with Crippen molar-refractivity contribution in [3.05, 3.63) is 54.5 Å². The summed E-state index contributed by atoms with van der Waals surface area (Å²) in [5.74, 6) is 5.70. The van der Waals surface area contributed by atoms with Gasteiger partial charge in [0.25, 0.3) is 0 Å². The van der Waals surface area contributed by atoms with E-state index in [1.165, 1.54) is 22.9 Å². The van der Waals surface area contributed by atoms with Crippen molar-refractivity contribution in [3.63, 3.8) is 0 Å². The zero-order valence-electron chi connectivity index (χ0n) is 12.4. The molecule has 0 aliphatic heterocycles. The van der Waals surface area contributed by atoms with Crippen molar-refractivity contribution in [2.24, 2.45) is 0 Å². The van der Waals surface area contributed by atoms with Crippen molar-refractivity contribution in [1.82, 2.24) is 19.9 Å². The number of thioether (sulfide) groups is 1. The van der Waals surface area contributed by atoms with Crippen LogP contribution in [0.3, 0.4) is 0 Å². The Kier molecular flexibility index (Phi) is 4.71. The van der Waals surface area contributed by atoms with Crippen molar-refractivity contribution in [2.75, 3.05) is 16.9 Å². The quantitative estimate of drug-likeness (QED) is 0.542. The molecule has 2 aromatic heterocycles. The first-order valence-electron chi connectivity index (χ1n) is 6.93. The number of hydrogen-bond donors (Lipinski definition) is 2. The second-order valence-corrected chi connectivity index (χ2v) is 5.68. The molecule has 0 spiro atoms. The van der Waals surface area contributed by atoms with Gasteiger partial charge < -0.3 is 11.2 Å². The standard InChI is InChI=1S/C15H13FN6OS/c16-10-4-3-5-11(8-10)19-13(23)9-24-15-21-20-14(22(15)17)12-6-1-2-7-18-12/h1-8H,9,17H2,(H,19,23). The molecule has 9 heteroatoms. The first kappa shape index (κ1) is 15.9.